The van der Waals surface area contributed by atoms with Gasteiger partial charge in [-0.15, -0.1) is 0 Å². The summed E-state index contributed by atoms with van der Waals surface area (Å²) in [5, 5.41) is 0. The average Bonchev–Trinajstić information content (AvgIpc) is 2.50. The third-order valence-corrected chi connectivity index (χ3v) is 4.37. The Hall–Kier alpha value is -0.860. The van der Waals surface area contributed by atoms with Crippen LogP contribution in [0.15, 0.2) is 0 Å². The molecule has 2 rings (SSSR count). The number of carbonyl (C=O) groups is 2. The second-order valence-corrected chi connectivity index (χ2v) is 5.19. The first-order valence-electron chi connectivity index (χ1n) is 6.29. The summed E-state index contributed by atoms with van der Waals surface area (Å²) < 4.78 is 4.99. The molecule has 2 aliphatic carbocycles. The molecule has 0 aromatic carbocycles. The van der Waals surface area contributed by atoms with Crippen molar-refractivity contribution in [3.63, 3.8) is 0 Å². The fraction of sp³-hybridized carbons (Fsp3) is 0.846. The van der Waals surface area contributed by atoms with Gasteiger partial charge in [0.25, 0.3) is 0 Å². The molecule has 0 aromatic rings. The van der Waals surface area contributed by atoms with Crippen LogP contribution < -0.4 is 0 Å². The van der Waals surface area contributed by atoms with Crippen molar-refractivity contribution in [3.05, 3.63) is 0 Å². The lowest BCUT2D eigenvalue weighted by Gasteiger charge is -2.40. The Bertz CT molecular complexity index is 298. The number of hydrogen-bond acceptors (Lipinski definition) is 3. The quantitative estimate of drug-likeness (QED) is 0.643. The minimum atomic E-state index is -0.334. The van der Waals surface area contributed by atoms with E-state index in [0.29, 0.717) is 25.0 Å². The molecule has 0 aliphatic heterocycles. The lowest BCUT2D eigenvalue weighted by molar-refractivity contribution is -0.160. The van der Waals surface area contributed by atoms with Crippen LogP contribution in [-0.4, -0.2) is 18.9 Å². The second-order valence-electron chi connectivity index (χ2n) is 5.19. The molecule has 2 aliphatic rings. The molecule has 0 amide bonds. The Morgan fingerprint density at radius 1 is 1.31 bits per heavy atom. The van der Waals surface area contributed by atoms with Gasteiger partial charge in [0.15, 0.2) is 0 Å². The largest absolute Gasteiger partial charge is 0.469 e. The first-order chi connectivity index (χ1) is 7.69. The zero-order chi connectivity index (χ0) is 11.6. The van der Waals surface area contributed by atoms with Crippen molar-refractivity contribution < 1.29 is 14.3 Å². The molecule has 2 saturated carbocycles. The van der Waals surface area contributed by atoms with Gasteiger partial charge in [-0.25, -0.2) is 0 Å². The molecule has 0 spiro atoms. The zero-order valence-electron chi connectivity index (χ0n) is 9.96. The number of fused-ring (bicyclic) bond motifs is 1. The van der Waals surface area contributed by atoms with Crippen molar-refractivity contribution in [2.24, 2.45) is 11.3 Å². The number of ether oxygens (including phenoxy) is 1. The highest BCUT2D eigenvalue weighted by Crippen LogP contribution is 2.49. The maximum absolute atomic E-state index is 12.0. The standard InChI is InChI=1S/C13H20O3/c1-16-12(15)13-7-4-2-3-5-10(13)9-11(14)6-8-13/h10H,2-9H2,1H3. The Labute approximate surface area is 96.5 Å². The Morgan fingerprint density at radius 3 is 2.88 bits per heavy atom. The molecule has 0 aromatic heterocycles. The number of hydrogen-bond donors (Lipinski definition) is 0. The van der Waals surface area contributed by atoms with E-state index in [1.165, 1.54) is 13.5 Å². The van der Waals surface area contributed by atoms with Crippen LogP contribution in [0.5, 0.6) is 0 Å². The summed E-state index contributed by atoms with van der Waals surface area (Å²) in [6.07, 6.45) is 7.22. The summed E-state index contributed by atoms with van der Waals surface area (Å²) in [7, 11) is 1.47. The molecule has 2 atom stereocenters. The first-order valence-corrected chi connectivity index (χ1v) is 6.29. The Kier molecular flexibility index (Phi) is 3.31. The van der Waals surface area contributed by atoms with Crippen LogP contribution in [0.1, 0.15) is 51.4 Å². The van der Waals surface area contributed by atoms with E-state index in [4.69, 9.17) is 4.74 Å². The normalized spacial score (nSPS) is 35.1. The lowest BCUT2D eigenvalue weighted by Crippen LogP contribution is -2.43. The summed E-state index contributed by atoms with van der Waals surface area (Å²) in [5.74, 6) is 0.488. The molecule has 16 heavy (non-hydrogen) atoms. The van der Waals surface area contributed by atoms with Crippen LogP contribution >= 0.6 is 0 Å². The van der Waals surface area contributed by atoms with E-state index in [0.717, 1.165) is 25.7 Å². The molecule has 0 N–H and O–H groups in total. The highest BCUT2D eigenvalue weighted by molar-refractivity contribution is 5.85. The molecular weight excluding hydrogens is 204 g/mol. The first kappa shape index (κ1) is 11.6. The molecule has 2 fully saturated rings. The number of ketones is 1. The second kappa shape index (κ2) is 4.56. The van der Waals surface area contributed by atoms with E-state index in [1.54, 1.807) is 0 Å². The van der Waals surface area contributed by atoms with Crippen molar-refractivity contribution in [2.75, 3.05) is 7.11 Å². The molecule has 3 nitrogen and oxygen atoms in total. The van der Waals surface area contributed by atoms with Gasteiger partial charge in [0.1, 0.15) is 5.78 Å². The molecule has 0 saturated heterocycles. The summed E-state index contributed by atoms with van der Waals surface area (Å²) in [6, 6.07) is 0. The van der Waals surface area contributed by atoms with Crippen molar-refractivity contribution in [3.8, 4) is 0 Å². The van der Waals surface area contributed by atoms with Gasteiger partial charge in [-0.3, -0.25) is 9.59 Å². The molecule has 0 radical (unpaired) electrons. The highest BCUT2D eigenvalue weighted by atomic mass is 16.5. The average molecular weight is 224 g/mol. The maximum Gasteiger partial charge on any atom is 0.312 e. The number of rotatable bonds is 1. The highest BCUT2D eigenvalue weighted by Gasteiger charge is 2.49. The predicted octanol–water partition coefficient (Wildman–Crippen LogP) is 2.48. The van der Waals surface area contributed by atoms with E-state index in [9.17, 15) is 9.59 Å². The number of esters is 1. The van der Waals surface area contributed by atoms with Gasteiger partial charge in [-0.1, -0.05) is 19.3 Å². The molecule has 0 bridgehead atoms. The van der Waals surface area contributed by atoms with Crippen LogP contribution in [0.3, 0.4) is 0 Å². The summed E-state index contributed by atoms with van der Waals surface area (Å²) in [6.45, 7) is 0. The van der Waals surface area contributed by atoms with Crippen molar-refractivity contribution in [2.45, 2.75) is 51.4 Å². The van der Waals surface area contributed by atoms with E-state index in [2.05, 4.69) is 0 Å². The van der Waals surface area contributed by atoms with Gasteiger partial charge in [-0.05, 0) is 25.2 Å². The summed E-state index contributed by atoms with van der Waals surface area (Å²) in [4.78, 5) is 23.6. The Balaban J connectivity index is 2.26. The van der Waals surface area contributed by atoms with E-state index >= 15 is 0 Å². The molecule has 3 heteroatoms. The zero-order valence-corrected chi connectivity index (χ0v) is 9.96. The SMILES string of the molecule is COC(=O)C12CCCCCC1CC(=O)CC2. The van der Waals surface area contributed by atoms with Crippen LogP contribution in [0.25, 0.3) is 0 Å². The fourth-order valence-electron chi connectivity index (χ4n) is 3.43. The van der Waals surface area contributed by atoms with Gasteiger partial charge in [0.2, 0.25) is 0 Å². The predicted molar refractivity (Wildman–Crippen MR) is 59.9 cm³/mol. The molecule has 2 unspecified atom stereocenters. The number of methoxy groups -OCH3 is 1. The van der Waals surface area contributed by atoms with Crippen LogP contribution in [0.2, 0.25) is 0 Å². The summed E-state index contributed by atoms with van der Waals surface area (Å²) >= 11 is 0. The minimum Gasteiger partial charge on any atom is -0.469 e. The maximum atomic E-state index is 12.0. The Morgan fingerprint density at radius 2 is 2.12 bits per heavy atom. The van der Waals surface area contributed by atoms with Gasteiger partial charge in [0, 0.05) is 12.8 Å². The molecular formula is C13H20O3. The summed E-state index contributed by atoms with van der Waals surface area (Å²) in [5.41, 5.74) is -0.334. The molecule has 90 valence electrons. The van der Waals surface area contributed by atoms with Crippen LogP contribution in [0.4, 0.5) is 0 Å². The third kappa shape index (κ3) is 1.87. The monoisotopic (exact) mass is 224 g/mol. The number of carbonyl (C=O) groups excluding carboxylic acids is 2. The minimum absolute atomic E-state index is 0.0769. The van der Waals surface area contributed by atoms with Crippen molar-refractivity contribution in [1.29, 1.82) is 0 Å². The fourth-order valence-corrected chi connectivity index (χ4v) is 3.43. The van der Waals surface area contributed by atoms with Crippen LogP contribution in [0, 0.1) is 11.3 Å². The third-order valence-electron chi connectivity index (χ3n) is 4.37. The number of Topliss-reactive ketones (excluding diaryl/α,β-unsaturated/α-hetero) is 1. The van der Waals surface area contributed by atoms with Gasteiger partial charge < -0.3 is 4.74 Å². The van der Waals surface area contributed by atoms with Gasteiger partial charge >= 0.3 is 5.97 Å². The van der Waals surface area contributed by atoms with Gasteiger partial charge in [-0.2, -0.15) is 0 Å². The van der Waals surface area contributed by atoms with E-state index in [-0.39, 0.29) is 17.3 Å². The van der Waals surface area contributed by atoms with Crippen molar-refractivity contribution >= 4 is 11.8 Å². The van der Waals surface area contributed by atoms with E-state index < -0.39 is 0 Å². The lowest BCUT2D eigenvalue weighted by atomic mass is 9.63. The van der Waals surface area contributed by atoms with E-state index in [1.807, 2.05) is 0 Å². The van der Waals surface area contributed by atoms with Crippen LogP contribution in [-0.2, 0) is 14.3 Å². The van der Waals surface area contributed by atoms with Gasteiger partial charge in [0.05, 0.1) is 12.5 Å². The topological polar surface area (TPSA) is 43.4 Å². The molecule has 0 heterocycles. The smallest absolute Gasteiger partial charge is 0.312 e. The van der Waals surface area contributed by atoms with Crippen molar-refractivity contribution in [1.82, 2.24) is 0 Å².